The molecule has 0 saturated heterocycles. The minimum Gasteiger partial charge on any atom is -0.394 e. The lowest BCUT2D eigenvalue weighted by Gasteiger charge is -2.11. The lowest BCUT2D eigenvalue weighted by Crippen LogP contribution is -2.23. The van der Waals surface area contributed by atoms with E-state index in [4.69, 9.17) is 10.2 Å². The third-order valence-electron chi connectivity index (χ3n) is 1.61. The van der Waals surface area contributed by atoms with Crippen LogP contribution >= 0.6 is 22.6 Å². The molecule has 72 valence electrons. The third-order valence-corrected chi connectivity index (χ3v) is 2.55. The molecule has 13 heavy (non-hydrogen) atoms. The maximum absolute atomic E-state index is 9.10. The molecule has 0 spiro atoms. The van der Waals surface area contributed by atoms with E-state index in [1.807, 2.05) is 24.3 Å². The fourth-order valence-corrected chi connectivity index (χ4v) is 1.47. The Morgan fingerprint density at radius 1 is 1.38 bits per heavy atom. The highest BCUT2D eigenvalue weighted by molar-refractivity contribution is 14.1. The van der Waals surface area contributed by atoms with Crippen LogP contribution in [0.5, 0.6) is 0 Å². The van der Waals surface area contributed by atoms with Crippen LogP contribution in [0.2, 0.25) is 0 Å². The van der Waals surface area contributed by atoms with Crippen molar-refractivity contribution in [3.8, 4) is 0 Å². The molecule has 0 aliphatic rings. The van der Waals surface area contributed by atoms with Crippen molar-refractivity contribution >= 4 is 28.3 Å². The van der Waals surface area contributed by atoms with E-state index >= 15 is 0 Å². The van der Waals surface area contributed by atoms with E-state index in [0.29, 0.717) is 6.54 Å². The second-order valence-electron chi connectivity index (χ2n) is 2.70. The molecule has 0 saturated carbocycles. The number of benzene rings is 1. The van der Waals surface area contributed by atoms with Crippen LogP contribution in [0.1, 0.15) is 0 Å². The van der Waals surface area contributed by atoms with Crippen LogP contribution in [0.25, 0.3) is 0 Å². The zero-order chi connectivity index (χ0) is 9.68. The summed E-state index contributed by atoms with van der Waals surface area (Å²) in [6.45, 7) is 0.160. The van der Waals surface area contributed by atoms with Gasteiger partial charge in [0.2, 0.25) is 0 Å². The molecule has 0 aromatic heterocycles. The monoisotopic (exact) mass is 293 g/mol. The van der Waals surface area contributed by atoms with Gasteiger partial charge in [-0.3, -0.25) is 0 Å². The molecule has 4 heteroatoms. The fraction of sp³-hybridized carbons (Fsp3) is 0.333. The van der Waals surface area contributed by atoms with Crippen LogP contribution < -0.4 is 5.32 Å². The first kappa shape index (κ1) is 10.7. The molecule has 0 aliphatic carbocycles. The quantitative estimate of drug-likeness (QED) is 0.728. The van der Waals surface area contributed by atoms with Crippen LogP contribution in [-0.4, -0.2) is 29.5 Å². The molecular formula is C9H12INO2. The Balaban J connectivity index is 2.50. The van der Waals surface area contributed by atoms with Gasteiger partial charge in [0.1, 0.15) is 0 Å². The summed E-state index contributed by atoms with van der Waals surface area (Å²) in [5, 5.41) is 20.7. The first-order valence-electron chi connectivity index (χ1n) is 4.01. The number of aliphatic hydroxyl groups excluding tert-OH is 2. The van der Waals surface area contributed by atoms with Gasteiger partial charge in [0.15, 0.2) is 0 Å². The average molecular weight is 293 g/mol. The smallest absolute Gasteiger partial charge is 0.0942 e. The van der Waals surface area contributed by atoms with Crippen molar-refractivity contribution < 1.29 is 10.2 Å². The van der Waals surface area contributed by atoms with Gasteiger partial charge < -0.3 is 15.5 Å². The molecule has 3 nitrogen and oxygen atoms in total. The summed E-state index contributed by atoms with van der Waals surface area (Å²) in [6, 6.07) is 7.80. The molecule has 1 aromatic carbocycles. The Morgan fingerprint density at radius 3 is 2.69 bits per heavy atom. The largest absolute Gasteiger partial charge is 0.394 e. The van der Waals surface area contributed by atoms with Crippen LogP contribution in [0.4, 0.5) is 5.69 Å². The molecule has 0 amide bonds. The Bertz CT molecular complexity index is 268. The van der Waals surface area contributed by atoms with Gasteiger partial charge in [-0.2, -0.15) is 0 Å². The molecule has 0 aliphatic heterocycles. The van der Waals surface area contributed by atoms with Crippen molar-refractivity contribution in [2.24, 2.45) is 0 Å². The minimum absolute atomic E-state index is 0.212. The number of halogens is 1. The van der Waals surface area contributed by atoms with E-state index in [1.54, 1.807) is 0 Å². The first-order valence-corrected chi connectivity index (χ1v) is 5.09. The second-order valence-corrected chi connectivity index (χ2v) is 3.86. The Kier molecular flexibility index (Phi) is 4.47. The zero-order valence-corrected chi connectivity index (χ0v) is 9.23. The summed E-state index contributed by atoms with van der Waals surface area (Å²) in [5.41, 5.74) is 0.982. The van der Waals surface area contributed by atoms with E-state index in [9.17, 15) is 0 Å². The topological polar surface area (TPSA) is 52.5 Å². The van der Waals surface area contributed by atoms with E-state index in [-0.39, 0.29) is 6.61 Å². The number of para-hydroxylation sites is 1. The SMILES string of the molecule is OCC(O)CNc1ccccc1I. The maximum Gasteiger partial charge on any atom is 0.0942 e. The Hall–Kier alpha value is -0.330. The molecule has 1 atom stereocenters. The van der Waals surface area contributed by atoms with Crippen molar-refractivity contribution in [1.29, 1.82) is 0 Å². The number of rotatable bonds is 4. The van der Waals surface area contributed by atoms with Gasteiger partial charge in [0.25, 0.3) is 0 Å². The van der Waals surface area contributed by atoms with Crippen molar-refractivity contribution in [3.05, 3.63) is 27.8 Å². The number of aliphatic hydroxyl groups is 2. The summed E-state index contributed by atoms with van der Waals surface area (Å²) in [6.07, 6.45) is -0.698. The van der Waals surface area contributed by atoms with Crippen LogP contribution in [0.15, 0.2) is 24.3 Å². The minimum atomic E-state index is -0.698. The lowest BCUT2D eigenvalue weighted by molar-refractivity contribution is 0.105. The number of hydrogen-bond acceptors (Lipinski definition) is 3. The van der Waals surface area contributed by atoms with Gasteiger partial charge >= 0.3 is 0 Å². The molecule has 0 bridgehead atoms. The molecule has 1 unspecified atom stereocenters. The standard InChI is InChI=1S/C9H12INO2/c10-8-3-1-2-4-9(8)11-5-7(13)6-12/h1-4,7,11-13H,5-6H2. The van der Waals surface area contributed by atoms with E-state index < -0.39 is 6.10 Å². The van der Waals surface area contributed by atoms with Gasteiger partial charge in [-0.15, -0.1) is 0 Å². The highest BCUT2D eigenvalue weighted by atomic mass is 127. The number of anilines is 1. The zero-order valence-electron chi connectivity index (χ0n) is 7.07. The van der Waals surface area contributed by atoms with Crippen LogP contribution in [0.3, 0.4) is 0 Å². The van der Waals surface area contributed by atoms with Crippen molar-refractivity contribution in [3.63, 3.8) is 0 Å². The second kappa shape index (κ2) is 5.41. The van der Waals surface area contributed by atoms with Gasteiger partial charge in [0, 0.05) is 15.8 Å². The predicted octanol–water partition coefficient (Wildman–Crippen LogP) is 1.06. The number of hydrogen-bond donors (Lipinski definition) is 3. The van der Waals surface area contributed by atoms with Gasteiger partial charge in [0.05, 0.1) is 12.7 Å². The predicted molar refractivity (Wildman–Crippen MR) is 60.7 cm³/mol. The summed E-state index contributed by atoms with van der Waals surface area (Å²) in [7, 11) is 0. The molecule has 3 N–H and O–H groups in total. The summed E-state index contributed by atoms with van der Waals surface area (Å²) >= 11 is 2.21. The normalized spacial score (nSPS) is 12.5. The van der Waals surface area contributed by atoms with E-state index in [0.717, 1.165) is 9.26 Å². The van der Waals surface area contributed by atoms with Gasteiger partial charge in [-0.05, 0) is 34.7 Å². The highest BCUT2D eigenvalue weighted by Crippen LogP contribution is 2.16. The van der Waals surface area contributed by atoms with Crippen LogP contribution in [-0.2, 0) is 0 Å². The third kappa shape index (κ3) is 3.50. The van der Waals surface area contributed by atoms with E-state index in [2.05, 4.69) is 27.9 Å². The van der Waals surface area contributed by atoms with Crippen LogP contribution in [0, 0.1) is 3.57 Å². The van der Waals surface area contributed by atoms with Crippen molar-refractivity contribution in [2.75, 3.05) is 18.5 Å². The summed E-state index contributed by atoms with van der Waals surface area (Å²) in [4.78, 5) is 0. The summed E-state index contributed by atoms with van der Waals surface area (Å²) in [5.74, 6) is 0. The maximum atomic E-state index is 9.10. The lowest BCUT2D eigenvalue weighted by atomic mass is 10.3. The summed E-state index contributed by atoms with van der Waals surface area (Å²) < 4.78 is 1.10. The van der Waals surface area contributed by atoms with Gasteiger partial charge in [-0.25, -0.2) is 0 Å². The molecule has 0 radical (unpaired) electrons. The van der Waals surface area contributed by atoms with E-state index in [1.165, 1.54) is 0 Å². The van der Waals surface area contributed by atoms with Crippen molar-refractivity contribution in [2.45, 2.75) is 6.10 Å². The molecule has 0 fully saturated rings. The molecule has 0 heterocycles. The number of nitrogens with one attached hydrogen (secondary N) is 1. The molecule has 1 rings (SSSR count). The first-order chi connectivity index (χ1) is 6.24. The average Bonchev–Trinajstić information content (AvgIpc) is 2.16. The highest BCUT2D eigenvalue weighted by Gasteiger charge is 2.02. The fourth-order valence-electron chi connectivity index (χ4n) is 0.897. The Labute approximate surface area is 90.9 Å². The van der Waals surface area contributed by atoms with Crippen molar-refractivity contribution in [1.82, 2.24) is 0 Å². The molecule has 1 aromatic rings. The Morgan fingerprint density at radius 2 is 2.08 bits per heavy atom. The van der Waals surface area contributed by atoms with Gasteiger partial charge in [-0.1, -0.05) is 12.1 Å². The molecular weight excluding hydrogens is 281 g/mol.